The first-order chi connectivity index (χ1) is 16.2. The number of carbonyl (C=O) groups is 1. The molecule has 1 aromatic heterocycles. The second kappa shape index (κ2) is 8.34. The van der Waals surface area contributed by atoms with E-state index in [4.69, 9.17) is 4.74 Å². The molecule has 180 valence electrons. The first kappa shape index (κ1) is 22.8. The fraction of sp³-hybridized carbons (Fsp3) is 0.423. The molecule has 1 aliphatic carbocycles. The van der Waals surface area contributed by atoms with Gasteiger partial charge in [0, 0.05) is 48.1 Å². The van der Waals surface area contributed by atoms with Gasteiger partial charge < -0.3 is 14.8 Å². The van der Waals surface area contributed by atoms with Gasteiger partial charge in [-0.15, -0.1) is 0 Å². The molecule has 3 aromatic rings. The number of aryl methyl sites for hydroxylation is 1. The van der Waals surface area contributed by atoms with E-state index in [2.05, 4.69) is 9.88 Å². The molecule has 1 aliphatic heterocycles. The van der Waals surface area contributed by atoms with Crippen molar-refractivity contribution in [2.24, 2.45) is 5.41 Å². The molecule has 2 N–H and O–H groups in total. The number of ether oxygens (including phenoxy) is 1. The monoisotopic (exact) mass is 472 g/mol. The van der Waals surface area contributed by atoms with Gasteiger partial charge in [0.1, 0.15) is 5.75 Å². The topological polar surface area (TPSA) is 65.6 Å². The minimum absolute atomic E-state index is 0.111. The number of aromatic nitrogens is 1. The summed E-state index contributed by atoms with van der Waals surface area (Å²) in [6.45, 7) is 2.06. The van der Waals surface area contributed by atoms with Crippen LogP contribution in [-0.2, 0) is 6.54 Å². The number of likely N-dealkylation sites (tertiary alicyclic amines) is 1. The number of H-pyrrole nitrogens is 1. The predicted molar refractivity (Wildman–Crippen MR) is 122 cm³/mol. The molecule has 1 saturated heterocycles. The van der Waals surface area contributed by atoms with Crippen molar-refractivity contribution in [3.05, 3.63) is 64.8 Å². The number of carboxylic acids is 1. The standard InChI is InChI=1S/C26H27F3N2O3/c1-16-10-22(34-15-27)20(19-6-8-30-23(16)19)12-31-9-7-25(13-26(28,29)14-25)11-21(31)17-2-4-18(5-3-17)24(32)33/h2-6,8,10,21,30H,7,9,11-15H2,1H3,(H,32,33). The summed E-state index contributed by atoms with van der Waals surface area (Å²) >= 11 is 0. The molecule has 2 heterocycles. The van der Waals surface area contributed by atoms with Crippen LogP contribution >= 0.6 is 0 Å². The molecule has 1 spiro atoms. The molecular formula is C26H27F3N2O3. The molecule has 2 aliphatic rings. The highest BCUT2D eigenvalue weighted by atomic mass is 19.3. The minimum atomic E-state index is -2.61. The van der Waals surface area contributed by atoms with E-state index in [1.165, 1.54) is 0 Å². The van der Waals surface area contributed by atoms with Gasteiger partial charge in [0.15, 0.2) is 0 Å². The highest BCUT2D eigenvalue weighted by molar-refractivity contribution is 5.88. The van der Waals surface area contributed by atoms with E-state index in [-0.39, 0.29) is 24.4 Å². The number of hydrogen-bond donors (Lipinski definition) is 2. The number of rotatable bonds is 6. The van der Waals surface area contributed by atoms with Crippen molar-refractivity contribution in [2.75, 3.05) is 13.4 Å². The van der Waals surface area contributed by atoms with Crippen molar-refractivity contribution in [2.45, 2.75) is 51.1 Å². The van der Waals surface area contributed by atoms with Crippen LogP contribution in [0.2, 0.25) is 0 Å². The summed E-state index contributed by atoms with van der Waals surface area (Å²) in [5, 5.41) is 10.2. The lowest BCUT2D eigenvalue weighted by Gasteiger charge is -2.54. The molecule has 1 atom stereocenters. The van der Waals surface area contributed by atoms with Crippen molar-refractivity contribution in [3.63, 3.8) is 0 Å². The number of nitrogens with one attached hydrogen (secondary N) is 1. The third kappa shape index (κ3) is 4.04. The molecular weight excluding hydrogens is 445 g/mol. The Morgan fingerprint density at radius 2 is 1.97 bits per heavy atom. The number of fused-ring (bicyclic) bond motifs is 1. The van der Waals surface area contributed by atoms with E-state index in [0.717, 1.165) is 27.6 Å². The van der Waals surface area contributed by atoms with Gasteiger partial charge in [-0.3, -0.25) is 4.90 Å². The summed E-state index contributed by atoms with van der Waals surface area (Å²) in [5.41, 5.74) is 3.41. The highest BCUT2D eigenvalue weighted by Gasteiger charge is 2.58. The van der Waals surface area contributed by atoms with Gasteiger partial charge in [0.25, 0.3) is 0 Å². The van der Waals surface area contributed by atoms with Crippen LogP contribution in [0.5, 0.6) is 5.75 Å². The molecule has 5 nitrogen and oxygen atoms in total. The summed E-state index contributed by atoms with van der Waals surface area (Å²) in [6.07, 6.45) is 2.84. The Morgan fingerprint density at radius 1 is 1.24 bits per heavy atom. The number of aromatic amines is 1. The van der Waals surface area contributed by atoms with Crippen LogP contribution in [0.25, 0.3) is 10.9 Å². The molecule has 5 rings (SSSR count). The number of piperidine rings is 1. The van der Waals surface area contributed by atoms with Gasteiger partial charge in [-0.1, -0.05) is 12.1 Å². The third-order valence-corrected chi connectivity index (χ3v) is 7.49. The largest absolute Gasteiger partial charge is 0.478 e. The molecule has 0 amide bonds. The third-order valence-electron chi connectivity index (χ3n) is 7.49. The Hall–Kier alpha value is -3.00. The molecule has 0 radical (unpaired) electrons. The van der Waals surface area contributed by atoms with Crippen LogP contribution in [0.15, 0.2) is 42.6 Å². The lowest BCUT2D eigenvalue weighted by atomic mass is 9.59. The van der Waals surface area contributed by atoms with Crippen LogP contribution < -0.4 is 4.74 Å². The maximum Gasteiger partial charge on any atom is 0.335 e. The predicted octanol–water partition coefficient (Wildman–Crippen LogP) is 6.23. The molecule has 0 bridgehead atoms. The molecule has 1 unspecified atom stereocenters. The zero-order valence-corrected chi connectivity index (χ0v) is 18.9. The average Bonchev–Trinajstić information content (AvgIpc) is 3.27. The first-order valence-electron chi connectivity index (χ1n) is 11.4. The smallest absolute Gasteiger partial charge is 0.335 e. The van der Waals surface area contributed by atoms with Crippen molar-refractivity contribution in [1.29, 1.82) is 0 Å². The number of nitrogens with zero attached hydrogens (tertiary/aromatic N) is 1. The summed E-state index contributed by atoms with van der Waals surface area (Å²) in [5.74, 6) is -3.15. The molecule has 2 fully saturated rings. The SMILES string of the molecule is Cc1cc(OCF)c(CN2CCC3(CC2c2ccc(C(=O)O)cc2)CC(F)(F)C3)c2cc[nH]c12. The Bertz CT molecular complexity index is 1210. The van der Waals surface area contributed by atoms with Crippen molar-refractivity contribution in [1.82, 2.24) is 9.88 Å². The number of carboxylic acid groups (broad SMARTS) is 1. The van der Waals surface area contributed by atoms with E-state index in [0.29, 0.717) is 31.7 Å². The van der Waals surface area contributed by atoms with Gasteiger partial charge in [-0.05, 0) is 67.1 Å². The number of aromatic carboxylic acids is 1. The fourth-order valence-electron chi connectivity index (χ4n) is 5.90. The van der Waals surface area contributed by atoms with Crippen LogP contribution in [0.4, 0.5) is 13.2 Å². The maximum absolute atomic E-state index is 13.9. The minimum Gasteiger partial charge on any atom is -0.478 e. The number of hydrogen-bond acceptors (Lipinski definition) is 3. The Morgan fingerprint density at radius 3 is 2.62 bits per heavy atom. The lowest BCUT2D eigenvalue weighted by Crippen LogP contribution is -2.53. The summed E-state index contributed by atoms with van der Waals surface area (Å²) in [4.78, 5) is 16.8. The molecule has 8 heteroatoms. The molecule has 34 heavy (non-hydrogen) atoms. The van der Waals surface area contributed by atoms with Gasteiger partial charge in [-0.25, -0.2) is 18.0 Å². The van der Waals surface area contributed by atoms with Gasteiger partial charge in [0.2, 0.25) is 12.8 Å². The highest BCUT2D eigenvalue weighted by Crippen LogP contribution is 2.60. The van der Waals surface area contributed by atoms with Crippen molar-refractivity contribution >= 4 is 16.9 Å². The average molecular weight is 473 g/mol. The van der Waals surface area contributed by atoms with Crippen LogP contribution in [0.3, 0.4) is 0 Å². The zero-order chi connectivity index (χ0) is 24.1. The Balaban J connectivity index is 1.51. The zero-order valence-electron chi connectivity index (χ0n) is 18.9. The van der Waals surface area contributed by atoms with Crippen molar-refractivity contribution < 1.29 is 27.8 Å². The second-order valence-corrected chi connectivity index (χ2v) is 9.77. The Labute approximate surface area is 195 Å². The summed E-state index contributed by atoms with van der Waals surface area (Å²) in [6, 6.07) is 10.3. The van der Waals surface area contributed by atoms with E-state index in [1.54, 1.807) is 24.3 Å². The van der Waals surface area contributed by atoms with Gasteiger partial charge >= 0.3 is 5.97 Å². The summed E-state index contributed by atoms with van der Waals surface area (Å²) in [7, 11) is 0. The van der Waals surface area contributed by atoms with Gasteiger partial charge in [0.05, 0.1) is 5.56 Å². The van der Waals surface area contributed by atoms with E-state index in [9.17, 15) is 23.1 Å². The van der Waals surface area contributed by atoms with E-state index >= 15 is 0 Å². The van der Waals surface area contributed by atoms with Gasteiger partial charge in [-0.2, -0.15) is 0 Å². The second-order valence-electron chi connectivity index (χ2n) is 9.77. The normalized spacial score (nSPS) is 21.5. The molecule has 1 saturated carbocycles. The van der Waals surface area contributed by atoms with E-state index in [1.807, 2.05) is 25.3 Å². The number of benzene rings is 2. The van der Waals surface area contributed by atoms with Crippen LogP contribution in [-0.4, -0.2) is 40.3 Å². The van der Waals surface area contributed by atoms with Crippen LogP contribution in [0, 0.1) is 12.3 Å². The van der Waals surface area contributed by atoms with Crippen molar-refractivity contribution in [3.8, 4) is 5.75 Å². The quantitative estimate of drug-likeness (QED) is 0.446. The Kier molecular flexibility index (Phi) is 5.59. The van der Waals surface area contributed by atoms with E-state index < -0.39 is 24.2 Å². The fourth-order valence-corrected chi connectivity index (χ4v) is 5.90. The van der Waals surface area contributed by atoms with Crippen LogP contribution in [0.1, 0.15) is 58.8 Å². The molecule has 2 aromatic carbocycles. The lowest BCUT2D eigenvalue weighted by molar-refractivity contribution is -0.186. The number of alkyl halides is 3. The first-order valence-corrected chi connectivity index (χ1v) is 11.4. The number of halogens is 3. The summed E-state index contributed by atoms with van der Waals surface area (Å²) < 4.78 is 46.3. The maximum atomic E-state index is 13.9.